The Morgan fingerprint density at radius 1 is 1.43 bits per heavy atom. The van der Waals surface area contributed by atoms with E-state index in [0.717, 1.165) is 17.9 Å². The highest BCUT2D eigenvalue weighted by atomic mass is 32.2. The molecule has 0 radical (unpaired) electrons. The fraction of sp³-hybridized carbons (Fsp3) is 0.364. The quantitative estimate of drug-likeness (QED) is 0.706. The monoisotopic (exact) mass is 205 g/mol. The molecule has 2 rings (SSSR count). The van der Waals surface area contributed by atoms with Crippen LogP contribution in [0.25, 0.3) is 0 Å². The van der Waals surface area contributed by atoms with Gasteiger partial charge in [0.2, 0.25) is 0 Å². The van der Waals surface area contributed by atoms with Gasteiger partial charge < -0.3 is 4.74 Å². The second-order valence-corrected chi connectivity index (χ2v) is 4.81. The fourth-order valence-corrected chi connectivity index (χ4v) is 2.55. The highest BCUT2D eigenvalue weighted by Crippen LogP contribution is 2.41. The normalized spacial score (nSPS) is 26.0. The maximum Gasteiger partial charge on any atom is 0.136 e. The zero-order valence-corrected chi connectivity index (χ0v) is 8.80. The van der Waals surface area contributed by atoms with Crippen LogP contribution in [0.4, 0.5) is 0 Å². The van der Waals surface area contributed by atoms with E-state index in [1.54, 1.807) is 11.8 Å². The number of hydrogen-bond donors (Lipinski definition) is 0. The van der Waals surface area contributed by atoms with Crippen LogP contribution in [0.3, 0.4) is 0 Å². The summed E-state index contributed by atoms with van der Waals surface area (Å²) in [5.74, 6) is 1.04. The number of ether oxygens (including phenoxy) is 1. The predicted octanol–water partition coefficient (Wildman–Crippen LogP) is 2.49. The van der Waals surface area contributed by atoms with Crippen LogP contribution in [-0.2, 0) is 9.67 Å². The summed E-state index contributed by atoms with van der Waals surface area (Å²) in [6.07, 6.45) is 0. The molecule has 1 saturated heterocycles. The zero-order valence-electron chi connectivity index (χ0n) is 7.99. The lowest BCUT2D eigenvalue weighted by molar-refractivity contribution is 0.0644. The van der Waals surface area contributed by atoms with E-state index in [2.05, 4.69) is 13.0 Å². The number of thioether (sulfide) groups is 1. The number of hydrogen-bond acceptors (Lipinski definition) is 3. The van der Waals surface area contributed by atoms with Gasteiger partial charge in [-0.15, -0.1) is 11.8 Å². The molecular formula is C11H11NOS. The molecule has 0 amide bonds. The Bertz CT molecular complexity index is 360. The minimum Gasteiger partial charge on any atom is -0.359 e. The summed E-state index contributed by atoms with van der Waals surface area (Å²) in [6.45, 7) is 2.88. The van der Waals surface area contributed by atoms with E-state index in [1.165, 1.54) is 0 Å². The molecule has 0 bridgehead atoms. The molecule has 14 heavy (non-hydrogen) atoms. The van der Waals surface area contributed by atoms with Gasteiger partial charge in [0.15, 0.2) is 0 Å². The van der Waals surface area contributed by atoms with Crippen LogP contribution in [0.2, 0.25) is 0 Å². The highest BCUT2D eigenvalue weighted by molar-refractivity contribution is 8.00. The first-order valence-electron chi connectivity index (χ1n) is 4.53. The van der Waals surface area contributed by atoms with Crippen LogP contribution in [0.5, 0.6) is 0 Å². The molecule has 1 unspecified atom stereocenters. The second kappa shape index (κ2) is 3.64. The second-order valence-electron chi connectivity index (χ2n) is 3.33. The first kappa shape index (κ1) is 9.57. The van der Waals surface area contributed by atoms with Crippen molar-refractivity contribution in [2.45, 2.75) is 11.9 Å². The highest BCUT2D eigenvalue weighted by Gasteiger charge is 2.32. The molecule has 1 aromatic rings. The third-order valence-electron chi connectivity index (χ3n) is 2.38. The number of rotatable bonds is 1. The van der Waals surface area contributed by atoms with Gasteiger partial charge in [-0.1, -0.05) is 12.1 Å². The number of nitriles is 1. The Morgan fingerprint density at radius 2 is 2.14 bits per heavy atom. The number of benzene rings is 1. The van der Waals surface area contributed by atoms with Gasteiger partial charge in [-0.2, -0.15) is 5.26 Å². The first-order valence-corrected chi connectivity index (χ1v) is 5.52. The first-order chi connectivity index (χ1) is 6.74. The van der Waals surface area contributed by atoms with E-state index < -0.39 is 0 Å². The largest absolute Gasteiger partial charge is 0.359 e. The molecule has 1 aliphatic rings. The SMILES string of the molecule is CC1(c2ccc(C#N)cc2)OCCS1. The van der Waals surface area contributed by atoms with E-state index >= 15 is 0 Å². The van der Waals surface area contributed by atoms with Gasteiger partial charge in [0.05, 0.1) is 18.2 Å². The van der Waals surface area contributed by atoms with Crippen molar-refractivity contribution in [1.29, 1.82) is 5.26 Å². The number of nitrogens with zero attached hydrogens (tertiary/aromatic N) is 1. The molecule has 0 aromatic heterocycles. The lowest BCUT2D eigenvalue weighted by Crippen LogP contribution is -2.15. The molecule has 1 fully saturated rings. The van der Waals surface area contributed by atoms with Crippen molar-refractivity contribution in [1.82, 2.24) is 0 Å². The third kappa shape index (κ3) is 1.63. The van der Waals surface area contributed by atoms with Crippen LogP contribution in [0.1, 0.15) is 18.1 Å². The van der Waals surface area contributed by atoms with Crippen molar-refractivity contribution < 1.29 is 4.74 Å². The molecule has 72 valence electrons. The summed E-state index contributed by atoms with van der Waals surface area (Å²) in [6, 6.07) is 9.72. The Balaban J connectivity index is 2.29. The van der Waals surface area contributed by atoms with Crippen molar-refractivity contribution >= 4 is 11.8 Å². The molecule has 0 spiro atoms. The van der Waals surface area contributed by atoms with Crippen LogP contribution < -0.4 is 0 Å². The molecule has 3 heteroatoms. The maximum atomic E-state index is 8.67. The summed E-state index contributed by atoms with van der Waals surface area (Å²) in [5, 5.41) is 8.67. The lowest BCUT2D eigenvalue weighted by Gasteiger charge is -2.22. The minimum atomic E-state index is -0.214. The standard InChI is InChI=1S/C11H11NOS/c1-11(13-6-7-14-11)10-4-2-9(8-12)3-5-10/h2-5H,6-7H2,1H3. The van der Waals surface area contributed by atoms with E-state index in [0.29, 0.717) is 5.56 Å². The van der Waals surface area contributed by atoms with Gasteiger partial charge >= 0.3 is 0 Å². The predicted molar refractivity (Wildman–Crippen MR) is 56.9 cm³/mol. The van der Waals surface area contributed by atoms with Crippen molar-refractivity contribution in [3.63, 3.8) is 0 Å². The van der Waals surface area contributed by atoms with E-state index in [-0.39, 0.29) is 4.93 Å². The van der Waals surface area contributed by atoms with Gasteiger partial charge in [-0.05, 0) is 24.6 Å². The smallest absolute Gasteiger partial charge is 0.136 e. The molecule has 1 aliphatic heterocycles. The lowest BCUT2D eigenvalue weighted by atomic mass is 10.1. The molecule has 0 saturated carbocycles. The average Bonchev–Trinajstić information content (AvgIpc) is 2.67. The maximum absolute atomic E-state index is 8.67. The molecule has 1 heterocycles. The molecule has 0 N–H and O–H groups in total. The van der Waals surface area contributed by atoms with Crippen molar-refractivity contribution in [2.24, 2.45) is 0 Å². The van der Waals surface area contributed by atoms with E-state index in [1.807, 2.05) is 24.3 Å². The Morgan fingerprint density at radius 3 is 2.64 bits per heavy atom. The molecule has 1 atom stereocenters. The zero-order chi connectivity index (χ0) is 10.0. The summed E-state index contributed by atoms with van der Waals surface area (Å²) >= 11 is 1.81. The molecule has 0 aliphatic carbocycles. The topological polar surface area (TPSA) is 33.0 Å². The summed E-state index contributed by atoms with van der Waals surface area (Å²) in [7, 11) is 0. The van der Waals surface area contributed by atoms with Gasteiger partial charge in [0, 0.05) is 5.75 Å². The van der Waals surface area contributed by atoms with Gasteiger partial charge in [0.25, 0.3) is 0 Å². The van der Waals surface area contributed by atoms with Crippen LogP contribution in [0, 0.1) is 11.3 Å². The average molecular weight is 205 g/mol. The summed E-state index contributed by atoms with van der Waals surface area (Å²) < 4.78 is 5.68. The summed E-state index contributed by atoms with van der Waals surface area (Å²) in [5.41, 5.74) is 1.83. The van der Waals surface area contributed by atoms with E-state index in [4.69, 9.17) is 10.00 Å². The van der Waals surface area contributed by atoms with Crippen molar-refractivity contribution in [3.05, 3.63) is 35.4 Å². The Kier molecular flexibility index (Phi) is 2.49. The molecular weight excluding hydrogens is 194 g/mol. The van der Waals surface area contributed by atoms with Crippen LogP contribution >= 0.6 is 11.8 Å². The molecule has 2 nitrogen and oxygen atoms in total. The molecule has 1 aromatic carbocycles. The Hall–Kier alpha value is -0.980. The Labute approximate surface area is 87.9 Å². The van der Waals surface area contributed by atoms with Gasteiger partial charge in [-0.3, -0.25) is 0 Å². The van der Waals surface area contributed by atoms with Gasteiger partial charge in [0.1, 0.15) is 4.93 Å². The van der Waals surface area contributed by atoms with Gasteiger partial charge in [-0.25, -0.2) is 0 Å². The van der Waals surface area contributed by atoms with E-state index in [9.17, 15) is 0 Å². The minimum absolute atomic E-state index is 0.214. The van der Waals surface area contributed by atoms with Crippen LogP contribution in [0.15, 0.2) is 24.3 Å². The van der Waals surface area contributed by atoms with Crippen LogP contribution in [-0.4, -0.2) is 12.4 Å². The third-order valence-corrected chi connectivity index (χ3v) is 3.65. The fourth-order valence-electron chi connectivity index (χ4n) is 1.53. The summed E-state index contributed by atoms with van der Waals surface area (Å²) in [4.78, 5) is -0.214. The van der Waals surface area contributed by atoms with Crippen molar-refractivity contribution in [2.75, 3.05) is 12.4 Å². The van der Waals surface area contributed by atoms with Crippen molar-refractivity contribution in [3.8, 4) is 6.07 Å².